The number of nitrogens with zero attached hydrogens (tertiary/aromatic N) is 1. The monoisotopic (exact) mass is 348 g/mol. The van der Waals surface area contributed by atoms with E-state index in [1.807, 2.05) is 18.7 Å². The van der Waals surface area contributed by atoms with Gasteiger partial charge in [0.15, 0.2) is 0 Å². The molecule has 1 aromatic carbocycles. The van der Waals surface area contributed by atoms with Crippen molar-refractivity contribution in [3.63, 3.8) is 0 Å². The molecule has 0 aliphatic carbocycles. The van der Waals surface area contributed by atoms with E-state index in [4.69, 9.17) is 9.47 Å². The van der Waals surface area contributed by atoms with Crippen LogP contribution < -0.4 is 14.8 Å². The number of benzene rings is 1. The summed E-state index contributed by atoms with van der Waals surface area (Å²) < 4.78 is 10.5. The van der Waals surface area contributed by atoms with E-state index in [0.717, 1.165) is 19.4 Å². The summed E-state index contributed by atoms with van der Waals surface area (Å²) >= 11 is 0. The highest BCUT2D eigenvalue weighted by Crippen LogP contribution is 2.25. The van der Waals surface area contributed by atoms with Crippen molar-refractivity contribution in [1.82, 2.24) is 10.2 Å². The minimum absolute atomic E-state index is 0.0226. The Balaban J connectivity index is 2.03. The summed E-state index contributed by atoms with van der Waals surface area (Å²) in [6, 6.07) is 5.21. The lowest BCUT2D eigenvalue weighted by Gasteiger charge is -2.33. The predicted octanol–water partition coefficient (Wildman–Crippen LogP) is 2.33. The van der Waals surface area contributed by atoms with E-state index in [0.29, 0.717) is 30.2 Å². The molecule has 6 nitrogen and oxygen atoms in total. The Hall–Kier alpha value is -2.24. The van der Waals surface area contributed by atoms with Crippen LogP contribution in [0.25, 0.3) is 0 Å². The van der Waals surface area contributed by atoms with E-state index in [9.17, 15) is 9.59 Å². The number of hydrogen-bond acceptors (Lipinski definition) is 4. The van der Waals surface area contributed by atoms with Crippen LogP contribution in [0.3, 0.4) is 0 Å². The maximum Gasteiger partial charge on any atom is 0.254 e. The van der Waals surface area contributed by atoms with E-state index in [1.165, 1.54) is 0 Å². The predicted molar refractivity (Wildman–Crippen MR) is 96.0 cm³/mol. The molecule has 138 valence electrons. The van der Waals surface area contributed by atoms with Crippen molar-refractivity contribution in [1.29, 1.82) is 0 Å². The second kappa shape index (κ2) is 8.74. The second-order valence-corrected chi connectivity index (χ2v) is 6.76. The molecule has 2 amide bonds. The van der Waals surface area contributed by atoms with Gasteiger partial charge in [-0.2, -0.15) is 0 Å². The Kier molecular flexibility index (Phi) is 6.67. The van der Waals surface area contributed by atoms with Crippen LogP contribution in [0.1, 0.15) is 37.0 Å². The van der Waals surface area contributed by atoms with E-state index < -0.39 is 0 Å². The molecule has 1 aromatic rings. The summed E-state index contributed by atoms with van der Waals surface area (Å²) in [4.78, 5) is 26.5. The number of amides is 2. The molecule has 25 heavy (non-hydrogen) atoms. The maximum absolute atomic E-state index is 12.9. The molecular weight excluding hydrogens is 320 g/mol. The van der Waals surface area contributed by atoms with Crippen LogP contribution in [-0.2, 0) is 4.79 Å². The maximum atomic E-state index is 12.9. The average molecular weight is 348 g/mol. The molecule has 0 saturated carbocycles. The second-order valence-electron chi connectivity index (χ2n) is 6.76. The van der Waals surface area contributed by atoms with Crippen LogP contribution in [-0.4, -0.2) is 50.6 Å². The standard InChI is InChI=1S/C19H28N2O4/c1-13(2)18(22)20-11-14-6-5-7-21(12-14)19(23)15-8-16(24-3)10-17(9-15)25-4/h8-10,13-14H,5-7,11-12H2,1-4H3,(H,20,22)/t14-/m0/s1. The fourth-order valence-corrected chi connectivity index (χ4v) is 2.98. The van der Waals surface area contributed by atoms with Crippen molar-refractivity contribution >= 4 is 11.8 Å². The molecule has 0 aromatic heterocycles. The summed E-state index contributed by atoms with van der Waals surface area (Å²) in [6.45, 7) is 5.75. The van der Waals surface area contributed by atoms with Crippen molar-refractivity contribution in [2.24, 2.45) is 11.8 Å². The van der Waals surface area contributed by atoms with Crippen molar-refractivity contribution in [3.8, 4) is 11.5 Å². The van der Waals surface area contributed by atoms with Gasteiger partial charge in [0.1, 0.15) is 11.5 Å². The van der Waals surface area contributed by atoms with Crippen molar-refractivity contribution in [3.05, 3.63) is 23.8 Å². The molecule has 1 aliphatic heterocycles. The number of likely N-dealkylation sites (tertiary alicyclic amines) is 1. The van der Waals surface area contributed by atoms with Crippen molar-refractivity contribution in [2.75, 3.05) is 33.9 Å². The minimum Gasteiger partial charge on any atom is -0.497 e. The molecule has 1 heterocycles. The van der Waals surface area contributed by atoms with Gasteiger partial charge < -0.3 is 19.7 Å². The lowest BCUT2D eigenvalue weighted by Crippen LogP contribution is -2.44. The lowest BCUT2D eigenvalue weighted by atomic mass is 9.97. The molecule has 0 spiro atoms. The molecule has 1 saturated heterocycles. The number of carbonyl (C=O) groups is 2. The summed E-state index contributed by atoms with van der Waals surface area (Å²) in [5.41, 5.74) is 0.558. The molecule has 0 radical (unpaired) electrons. The Labute approximate surface area is 149 Å². The fraction of sp³-hybridized carbons (Fsp3) is 0.579. The van der Waals surface area contributed by atoms with Gasteiger partial charge in [-0.15, -0.1) is 0 Å². The highest BCUT2D eigenvalue weighted by molar-refractivity contribution is 5.95. The molecule has 6 heteroatoms. The van der Waals surface area contributed by atoms with Gasteiger partial charge in [-0.05, 0) is 30.9 Å². The summed E-state index contributed by atoms with van der Waals surface area (Å²) in [5, 5.41) is 2.97. The number of methoxy groups -OCH3 is 2. The highest BCUT2D eigenvalue weighted by Gasteiger charge is 2.25. The minimum atomic E-state index is -0.0305. The first-order valence-corrected chi connectivity index (χ1v) is 8.74. The van der Waals surface area contributed by atoms with Gasteiger partial charge in [-0.1, -0.05) is 13.8 Å². The SMILES string of the molecule is COc1cc(OC)cc(C(=O)N2CCC[C@@H](CNC(=O)C(C)C)C2)c1. The van der Waals surface area contributed by atoms with Gasteiger partial charge in [0, 0.05) is 37.2 Å². The molecule has 0 bridgehead atoms. The first-order valence-electron chi connectivity index (χ1n) is 8.74. The number of hydrogen-bond donors (Lipinski definition) is 1. The third-order valence-electron chi connectivity index (χ3n) is 4.49. The van der Waals surface area contributed by atoms with Crippen molar-refractivity contribution < 1.29 is 19.1 Å². The molecule has 1 fully saturated rings. The van der Waals surface area contributed by atoms with Gasteiger partial charge in [0.25, 0.3) is 5.91 Å². The Morgan fingerprint density at radius 3 is 2.40 bits per heavy atom. The summed E-state index contributed by atoms with van der Waals surface area (Å²) in [5.74, 6) is 1.48. The highest BCUT2D eigenvalue weighted by atomic mass is 16.5. The van der Waals surface area contributed by atoms with Gasteiger partial charge >= 0.3 is 0 Å². The van der Waals surface area contributed by atoms with Crippen LogP contribution >= 0.6 is 0 Å². The molecule has 1 atom stereocenters. The van der Waals surface area contributed by atoms with E-state index in [2.05, 4.69) is 5.32 Å². The van der Waals surface area contributed by atoms with E-state index >= 15 is 0 Å². The number of carbonyl (C=O) groups excluding carboxylic acids is 2. The third kappa shape index (κ3) is 5.11. The van der Waals surface area contributed by atoms with E-state index in [-0.39, 0.29) is 23.7 Å². The Bertz CT molecular complexity index is 593. The van der Waals surface area contributed by atoms with Gasteiger partial charge in [-0.3, -0.25) is 9.59 Å². The molecule has 0 unspecified atom stereocenters. The van der Waals surface area contributed by atoms with Crippen LogP contribution in [0.2, 0.25) is 0 Å². The molecule has 1 N–H and O–H groups in total. The first-order chi connectivity index (χ1) is 11.9. The number of piperidine rings is 1. The van der Waals surface area contributed by atoms with Gasteiger partial charge in [-0.25, -0.2) is 0 Å². The summed E-state index contributed by atoms with van der Waals surface area (Å²) in [7, 11) is 3.13. The van der Waals surface area contributed by atoms with Crippen LogP contribution in [0.5, 0.6) is 11.5 Å². The van der Waals surface area contributed by atoms with E-state index in [1.54, 1.807) is 32.4 Å². The average Bonchev–Trinajstić information content (AvgIpc) is 2.64. The third-order valence-corrected chi connectivity index (χ3v) is 4.49. The Morgan fingerprint density at radius 2 is 1.84 bits per heavy atom. The topological polar surface area (TPSA) is 67.9 Å². The van der Waals surface area contributed by atoms with Gasteiger partial charge in [0.05, 0.1) is 14.2 Å². The largest absolute Gasteiger partial charge is 0.497 e. The first kappa shape index (κ1) is 19.1. The quantitative estimate of drug-likeness (QED) is 0.857. The molecule has 2 rings (SSSR count). The fourth-order valence-electron chi connectivity index (χ4n) is 2.98. The smallest absolute Gasteiger partial charge is 0.254 e. The number of ether oxygens (including phenoxy) is 2. The van der Waals surface area contributed by atoms with Crippen LogP contribution in [0.4, 0.5) is 0 Å². The normalized spacial score (nSPS) is 17.3. The summed E-state index contributed by atoms with van der Waals surface area (Å²) in [6.07, 6.45) is 1.96. The molecule has 1 aliphatic rings. The van der Waals surface area contributed by atoms with Gasteiger partial charge in [0.2, 0.25) is 5.91 Å². The zero-order valence-electron chi connectivity index (χ0n) is 15.5. The zero-order chi connectivity index (χ0) is 18.4. The molecular formula is C19H28N2O4. The zero-order valence-corrected chi connectivity index (χ0v) is 15.5. The lowest BCUT2D eigenvalue weighted by molar-refractivity contribution is -0.124. The van der Waals surface area contributed by atoms with Crippen LogP contribution in [0, 0.1) is 11.8 Å². The Morgan fingerprint density at radius 1 is 1.20 bits per heavy atom. The number of rotatable bonds is 6. The van der Waals surface area contributed by atoms with Crippen molar-refractivity contribution in [2.45, 2.75) is 26.7 Å². The number of nitrogens with one attached hydrogen (secondary N) is 1. The van der Waals surface area contributed by atoms with Crippen LogP contribution in [0.15, 0.2) is 18.2 Å².